The molecule has 2 aliphatic rings. The van der Waals surface area contributed by atoms with Crippen LogP contribution in [0, 0.1) is 0 Å². The van der Waals surface area contributed by atoms with Crippen molar-refractivity contribution >= 4 is 23.5 Å². The van der Waals surface area contributed by atoms with Crippen molar-refractivity contribution in [3.05, 3.63) is 29.8 Å². The van der Waals surface area contributed by atoms with Gasteiger partial charge in [-0.15, -0.1) is 0 Å². The molecule has 134 valence electrons. The van der Waals surface area contributed by atoms with E-state index in [1.807, 2.05) is 0 Å². The largest absolute Gasteiger partial charge is 0.357 e. The van der Waals surface area contributed by atoms with Crippen LogP contribution in [0.3, 0.4) is 0 Å². The first-order chi connectivity index (χ1) is 12.1. The van der Waals surface area contributed by atoms with Gasteiger partial charge in [-0.2, -0.15) is 0 Å². The minimum Gasteiger partial charge on any atom is -0.357 e. The Morgan fingerprint density at radius 2 is 1.84 bits per heavy atom. The number of urea groups is 1. The number of imide groups is 1. The van der Waals surface area contributed by atoms with Gasteiger partial charge < -0.3 is 10.1 Å². The third-order valence-corrected chi connectivity index (χ3v) is 4.72. The van der Waals surface area contributed by atoms with Gasteiger partial charge in [0, 0.05) is 18.3 Å². The number of anilines is 1. The minimum atomic E-state index is -0.381. The van der Waals surface area contributed by atoms with Gasteiger partial charge in [0.05, 0.1) is 6.10 Å². The summed E-state index contributed by atoms with van der Waals surface area (Å²) in [6, 6.07) is 6.22. The van der Waals surface area contributed by atoms with Gasteiger partial charge in [0.1, 0.15) is 13.3 Å². The molecule has 0 aromatic heterocycles. The number of hydrogen-bond donors (Lipinski definition) is 1. The molecule has 0 radical (unpaired) electrons. The Hall–Kier alpha value is -2.41. The molecule has 1 aromatic rings. The third-order valence-electron chi connectivity index (χ3n) is 4.72. The highest BCUT2D eigenvalue weighted by Crippen LogP contribution is 2.24. The lowest BCUT2D eigenvalue weighted by atomic mass is 9.98. The highest BCUT2D eigenvalue weighted by Gasteiger charge is 2.37. The zero-order valence-corrected chi connectivity index (χ0v) is 14.4. The molecule has 1 N–H and O–H groups in total. The fourth-order valence-electron chi connectivity index (χ4n) is 3.22. The number of hydrogen-bond acceptors (Lipinski definition) is 4. The lowest BCUT2D eigenvalue weighted by Crippen LogP contribution is -2.36. The van der Waals surface area contributed by atoms with Crippen LogP contribution in [0.2, 0.25) is 0 Å². The Morgan fingerprint density at radius 3 is 2.48 bits per heavy atom. The van der Waals surface area contributed by atoms with Gasteiger partial charge in [-0.25, -0.2) is 9.69 Å². The number of ether oxygens (including phenoxy) is 1. The van der Waals surface area contributed by atoms with E-state index >= 15 is 0 Å². The van der Waals surface area contributed by atoms with Gasteiger partial charge in [-0.1, -0.05) is 19.3 Å². The van der Waals surface area contributed by atoms with Crippen molar-refractivity contribution in [2.45, 2.75) is 38.2 Å². The minimum absolute atomic E-state index is 0.00776. The van der Waals surface area contributed by atoms with Crippen LogP contribution in [-0.2, 0) is 9.53 Å². The van der Waals surface area contributed by atoms with Crippen molar-refractivity contribution in [2.75, 3.05) is 25.2 Å². The Balaban J connectivity index is 1.63. The summed E-state index contributed by atoms with van der Waals surface area (Å²) in [6.07, 6.45) is 5.60. The summed E-state index contributed by atoms with van der Waals surface area (Å²) in [6.45, 7) is 0.00133. The molecule has 0 bridgehead atoms. The predicted molar refractivity (Wildman–Crippen MR) is 92.2 cm³/mol. The van der Waals surface area contributed by atoms with Gasteiger partial charge in [-0.05, 0) is 37.1 Å². The van der Waals surface area contributed by atoms with Crippen molar-refractivity contribution in [1.82, 2.24) is 10.2 Å². The van der Waals surface area contributed by atoms with E-state index in [9.17, 15) is 14.4 Å². The van der Waals surface area contributed by atoms with Crippen LogP contribution in [0.25, 0.3) is 0 Å². The number of carbonyl (C=O) groups is 3. The summed E-state index contributed by atoms with van der Waals surface area (Å²) < 4.78 is 5.76. The molecule has 4 amide bonds. The highest BCUT2D eigenvalue weighted by molar-refractivity contribution is 6.12. The first kappa shape index (κ1) is 17.4. The SMILES string of the molecule is CNC(=O)c1ccc(N2CC(=O)N(COC3CCCCC3)C2=O)cc1. The molecule has 0 spiro atoms. The molecule has 25 heavy (non-hydrogen) atoms. The molecule has 1 saturated heterocycles. The molecule has 1 saturated carbocycles. The van der Waals surface area contributed by atoms with Crippen LogP contribution in [-0.4, -0.2) is 49.2 Å². The Morgan fingerprint density at radius 1 is 1.16 bits per heavy atom. The molecular formula is C18H23N3O4. The van der Waals surface area contributed by atoms with Crippen LogP contribution in [0.15, 0.2) is 24.3 Å². The first-order valence-corrected chi connectivity index (χ1v) is 8.66. The molecule has 7 heteroatoms. The van der Waals surface area contributed by atoms with E-state index < -0.39 is 0 Å². The quantitative estimate of drug-likeness (QED) is 0.829. The molecule has 0 atom stereocenters. The van der Waals surface area contributed by atoms with Crippen molar-refractivity contribution in [1.29, 1.82) is 0 Å². The lowest BCUT2D eigenvalue weighted by molar-refractivity contribution is -0.130. The average molecular weight is 345 g/mol. The number of amides is 4. The van der Waals surface area contributed by atoms with Crippen LogP contribution >= 0.6 is 0 Å². The normalized spacial score (nSPS) is 18.8. The number of benzene rings is 1. The maximum atomic E-state index is 12.5. The van der Waals surface area contributed by atoms with Crippen molar-refractivity contribution < 1.29 is 19.1 Å². The summed E-state index contributed by atoms with van der Waals surface area (Å²) in [4.78, 5) is 38.9. The molecular weight excluding hydrogens is 322 g/mol. The Kier molecular flexibility index (Phi) is 5.33. The zero-order valence-electron chi connectivity index (χ0n) is 14.4. The van der Waals surface area contributed by atoms with Gasteiger partial charge >= 0.3 is 6.03 Å². The second kappa shape index (κ2) is 7.65. The second-order valence-electron chi connectivity index (χ2n) is 6.37. The van der Waals surface area contributed by atoms with Crippen molar-refractivity contribution in [3.8, 4) is 0 Å². The smallest absolute Gasteiger partial charge is 0.333 e. The highest BCUT2D eigenvalue weighted by atomic mass is 16.5. The van der Waals surface area contributed by atoms with Crippen LogP contribution in [0.1, 0.15) is 42.5 Å². The fourth-order valence-corrected chi connectivity index (χ4v) is 3.22. The summed E-state index contributed by atoms with van der Waals surface area (Å²) in [5, 5.41) is 2.54. The molecule has 1 aliphatic heterocycles. The maximum absolute atomic E-state index is 12.5. The van der Waals surface area contributed by atoms with Crippen LogP contribution in [0.5, 0.6) is 0 Å². The third kappa shape index (κ3) is 3.82. The second-order valence-corrected chi connectivity index (χ2v) is 6.37. The Bertz CT molecular complexity index is 653. The number of rotatable bonds is 5. The Labute approximate surface area is 146 Å². The first-order valence-electron chi connectivity index (χ1n) is 8.66. The van der Waals surface area contributed by atoms with E-state index in [0.29, 0.717) is 11.3 Å². The lowest BCUT2D eigenvalue weighted by Gasteiger charge is -2.24. The van der Waals surface area contributed by atoms with E-state index in [1.54, 1.807) is 31.3 Å². The molecule has 1 heterocycles. The summed E-state index contributed by atoms with van der Waals surface area (Å²) in [7, 11) is 1.56. The van der Waals surface area contributed by atoms with E-state index in [-0.39, 0.29) is 37.2 Å². The average Bonchev–Trinajstić information content (AvgIpc) is 2.94. The fraction of sp³-hybridized carbons (Fsp3) is 0.500. The van der Waals surface area contributed by atoms with Gasteiger partial charge in [0.2, 0.25) is 0 Å². The molecule has 1 aromatic carbocycles. The molecule has 7 nitrogen and oxygen atoms in total. The van der Waals surface area contributed by atoms with Crippen LogP contribution in [0.4, 0.5) is 10.5 Å². The van der Waals surface area contributed by atoms with E-state index in [4.69, 9.17) is 4.74 Å². The summed E-state index contributed by atoms with van der Waals surface area (Å²) in [5.74, 6) is -0.464. The van der Waals surface area contributed by atoms with Crippen molar-refractivity contribution in [3.63, 3.8) is 0 Å². The summed E-state index contributed by atoms with van der Waals surface area (Å²) >= 11 is 0. The molecule has 3 rings (SSSR count). The van der Waals surface area contributed by atoms with E-state index in [0.717, 1.165) is 30.6 Å². The van der Waals surface area contributed by atoms with Gasteiger partial charge in [-0.3, -0.25) is 14.5 Å². The van der Waals surface area contributed by atoms with Gasteiger partial charge in [0.25, 0.3) is 11.8 Å². The number of carbonyl (C=O) groups excluding carboxylic acids is 3. The van der Waals surface area contributed by atoms with E-state index in [1.165, 1.54) is 11.3 Å². The molecule has 2 fully saturated rings. The molecule has 1 aliphatic carbocycles. The van der Waals surface area contributed by atoms with Crippen LogP contribution < -0.4 is 10.2 Å². The zero-order chi connectivity index (χ0) is 17.8. The monoisotopic (exact) mass is 345 g/mol. The topological polar surface area (TPSA) is 79.0 Å². The van der Waals surface area contributed by atoms with Gasteiger partial charge in [0.15, 0.2) is 0 Å². The molecule has 0 unspecified atom stereocenters. The maximum Gasteiger partial charge on any atom is 0.333 e. The van der Waals surface area contributed by atoms with E-state index in [2.05, 4.69) is 5.32 Å². The number of nitrogens with one attached hydrogen (secondary N) is 1. The number of nitrogens with zero attached hydrogens (tertiary/aromatic N) is 2. The summed E-state index contributed by atoms with van der Waals surface area (Å²) in [5.41, 5.74) is 1.09. The predicted octanol–water partition coefficient (Wildman–Crippen LogP) is 2.12. The standard InChI is InChI=1S/C18H23N3O4/c1-19-17(23)13-7-9-14(10-8-13)20-11-16(22)21(18(20)24)12-25-15-5-3-2-4-6-15/h7-10,15H,2-6,11-12H2,1H3,(H,19,23). The van der Waals surface area contributed by atoms with Crippen molar-refractivity contribution in [2.24, 2.45) is 0 Å².